The minimum atomic E-state index is 0.0735. The van der Waals surface area contributed by atoms with Crippen LogP contribution in [0.5, 0.6) is 0 Å². The maximum Gasteiger partial charge on any atom is 0.257 e. The number of carbonyl (C=O) groups excluding carboxylic acids is 1. The molecule has 17 heavy (non-hydrogen) atoms. The van der Waals surface area contributed by atoms with Gasteiger partial charge in [-0.05, 0) is 25.8 Å². The molecule has 0 aliphatic carbocycles. The third kappa shape index (κ3) is 3.35. The topological polar surface area (TPSA) is 33.5 Å². The summed E-state index contributed by atoms with van der Waals surface area (Å²) in [6, 6.07) is 2.05. The first-order valence-electron chi connectivity index (χ1n) is 6.06. The highest BCUT2D eigenvalue weighted by atomic mass is 79.9. The van der Waals surface area contributed by atoms with E-state index in [0.29, 0.717) is 17.4 Å². The van der Waals surface area contributed by atoms with Gasteiger partial charge in [0.2, 0.25) is 0 Å². The van der Waals surface area contributed by atoms with Gasteiger partial charge in [-0.3, -0.25) is 4.79 Å². The molecule has 0 N–H and O–H groups in total. The number of rotatable bonds is 6. The first-order chi connectivity index (χ1) is 8.15. The van der Waals surface area contributed by atoms with Crippen LogP contribution < -0.4 is 0 Å². The minimum absolute atomic E-state index is 0.0735. The lowest BCUT2D eigenvalue weighted by atomic mass is 10.1. The Morgan fingerprint density at radius 1 is 1.47 bits per heavy atom. The Balaban J connectivity index is 2.91. The Labute approximate surface area is 111 Å². The van der Waals surface area contributed by atoms with Crippen molar-refractivity contribution in [3.05, 3.63) is 23.7 Å². The Hall–Kier alpha value is -0.770. The summed E-state index contributed by atoms with van der Waals surface area (Å²) in [7, 11) is 0. The molecule has 1 heterocycles. The third-order valence-electron chi connectivity index (χ3n) is 3.06. The molecule has 0 aromatic carbocycles. The molecular formula is C13H20BrNO2. The second-order valence-electron chi connectivity index (χ2n) is 4.05. The number of furan rings is 1. The van der Waals surface area contributed by atoms with Gasteiger partial charge >= 0.3 is 0 Å². The predicted molar refractivity (Wildman–Crippen MR) is 72.6 cm³/mol. The Morgan fingerprint density at radius 3 is 2.53 bits per heavy atom. The molecule has 4 heteroatoms. The first-order valence-corrected chi connectivity index (χ1v) is 7.18. The molecule has 1 rings (SSSR count). The van der Waals surface area contributed by atoms with E-state index in [2.05, 4.69) is 29.8 Å². The highest BCUT2D eigenvalue weighted by molar-refractivity contribution is 9.09. The molecule has 0 aliphatic rings. The number of aryl methyl sites for hydroxylation is 1. The second kappa shape index (κ2) is 6.84. The average molecular weight is 302 g/mol. The molecule has 0 spiro atoms. The molecule has 96 valence electrons. The van der Waals surface area contributed by atoms with E-state index in [4.69, 9.17) is 4.42 Å². The van der Waals surface area contributed by atoms with Gasteiger partial charge in [0.05, 0.1) is 11.8 Å². The number of hydrogen-bond donors (Lipinski definition) is 0. The fourth-order valence-corrected chi connectivity index (χ4v) is 2.41. The summed E-state index contributed by atoms with van der Waals surface area (Å²) in [4.78, 5) is 14.4. The lowest BCUT2D eigenvalue weighted by Gasteiger charge is -2.29. The second-order valence-corrected chi connectivity index (χ2v) is 4.84. The highest BCUT2D eigenvalue weighted by Gasteiger charge is 2.23. The van der Waals surface area contributed by atoms with Crippen LogP contribution in [0.4, 0.5) is 0 Å². The highest BCUT2D eigenvalue weighted by Crippen LogP contribution is 2.17. The molecule has 1 aromatic heterocycles. The van der Waals surface area contributed by atoms with Crippen LogP contribution in [-0.4, -0.2) is 28.7 Å². The number of carbonyl (C=O) groups is 1. The Morgan fingerprint density at radius 2 is 2.12 bits per heavy atom. The lowest BCUT2D eigenvalue weighted by molar-refractivity contribution is 0.0681. The van der Waals surface area contributed by atoms with Crippen molar-refractivity contribution < 1.29 is 9.21 Å². The maximum absolute atomic E-state index is 12.4. The summed E-state index contributed by atoms with van der Waals surface area (Å²) < 4.78 is 5.20. The number of alkyl halides is 1. The standard InChI is InChI=1S/C13H20BrNO2/c1-4-11(5-2)15(8-7-14)13(16)12-6-9-17-10(12)3/h6,9,11H,4-5,7-8H2,1-3H3. The molecule has 0 saturated carbocycles. The zero-order valence-corrected chi connectivity index (χ0v) is 12.3. The molecular weight excluding hydrogens is 282 g/mol. The van der Waals surface area contributed by atoms with E-state index in [9.17, 15) is 4.79 Å². The van der Waals surface area contributed by atoms with E-state index >= 15 is 0 Å². The molecule has 0 atom stereocenters. The van der Waals surface area contributed by atoms with Crippen molar-refractivity contribution in [3.8, 4) is 0 Å². The molecule has 3 nitrogen and oxygen atoms in total. The fraction of sp³-hybridized carbons (Fsp3) is 0.615. The van der Waals surface area contributed by atoms with Gasteiger partial charge in [0.15, 0.2) is 0 Å². The maximum atomic E-state index is 12.4. The van der Waals surface area contributed by atoms with Crippen molar-refractivity contribution in [1.82, 2.24) is 4.90 Å². The fourth-order valence-electron chi connectivity index (χ4n) is 2.03. The zero-order valence-electron chi connectivity index (χ0n) is 10.7. The van der Waals surface area contributed by atoms with Crippen LogP contribution in [0.1, 0.15) is 42.8 Å². The normalized spacial score (nSPS) is 10.9. The molecule has 1 amide bonds. The summed E-state index contributed by atoms with van der Waals surface area (Å²) in [5, 5.41) is 0.798. The minimum Gasteiger partial charge on any atom is -0.469 e. The van der Waals surface area contributed by atoms with E-state index in [1.54, 1.807) is 12.3 Å². The van der Waals surface area contributed by atoms with Crippen molar-refractivity contribution >= 4 is 21.8 Å². The molecule has 0 unspecified atom stereocenters. The number of amides is 1. The predicted octanol–water partition coefficient (Wildman–Crippen LogP) is 3.61. The van der Waals surface area contributed by atoms with Gasteiger partial charge in [-0.1, -0.05) is 29.8 Å². The molecule has 0 aliphatic heterocycles. The van der Waals surface area contributed by atoms with E-state index in [1.807, 2.05) is 11.8 Å². The van der Waals surface area contributed by atoms with Gasteiger partial charge in [-0.15, -0.1) is 0 Å². The van der Waals surface area contributed by atoms with Crippen LogP contribution in [-0.2, 0) is 0 Å². The third-order valence-corrected chi connectivity index (χ3v) is 3.41. The number of hydrogen-bond acceptors (Lipinski definition) is 2. The van der Waals surface area contributed by atoms with Crippen molar-refractivity contribution in [2.75, 3.05) is 11.9 Å². The van der Waals surface area contributed by atoms with Gasteiger partial charge in [-0.25, -0.2) is 0 Å². The smallest absolute Gasteiger partial charge is 0.257 e. The summed E-state index contributed by atoms with van der Waals surface area (Å²) in [5.74, 6) is 0.768. The van der Waals surface area contributed by atoms with Crippen molar-refractivity contribution in [2.24, 2.45) is 0 Å². The molecule has 0 saturated heterocycles. The van der Waals surface area contributed by atoms with E-state index < -0.39 is 0 Å². The van der Waals surface area contributed by atoms with Crippen molar-refractivity contribution in [2.45, 2.75) is 39.7 Å². The summed E-state index contributed by atoms with van der Waals surface area (Å²) in [6.45, 7) is 6.79. The zero-order chi connectivity index (χ0) is 12.8. The van der Waals surface area contributed by atoms with Crippen LogP contribution in [0.2, 0.25) is 0 Å². The number of nitrogens with zero attached hydrogens (tertiary/aromatic N) is 1. The van der Waals surface area contributed by atoms with Gasteiger partial charge in [-0.2, -0.15) is 0 Å². The number of halogens is 1. The Kier molecular flexibility index (Phi) is 5.75. The molecule has 0 bridgehead atoms. The van der Waals surface area contributed by atoms with Crippen LogP contribution in [0.3, 0.4) is 0 Å². The summed E-state index contributed by atoms with van der Waals surface area (Å²) in [6.07, 6.45) is 3.53. The van der Waals surface area contributed by atoms with Crippen molar-refractivity contribution in [3.63, 3.8) is 0 Å². The summed E-state index contributed by atoms with van der Waals surface area (Å²) >= 11 is 3.41. The van der Waals surface area contributed by atoms with Gasteiger partial charge < -0.3 is 9.32 Å². The lowest BCUT2D eigenvalue weighted by Crippen LogP contribution is -2.41. The van der Waals surface area contributed by atoms with E-state index in [-0.39, 0.29) is 5.91 Å². The Bertz CT molecular complexity index is 358. The van der Waals surface area contributed by atoms with E-state index in [1.165, 1.54) is 0 Å². The first kappa shape index (κ1) is 14.3. The largest absolute Gasteiger partial charge is 0.469 e. The van der Waals surface area contributed by atoms with Crippen LogP contribution >= 0.6 is 15.9 Å². The molecule has 1 aromatic rings. The molecule has 0 fully saturated rings. The van der Waals surface area contributed by atoms with Crippen molar-refractivity contribution in [1.29, 1.82) is 0 Å². The summed E-state index contributed by atoms with van der Waals surface area (Å²) in [5.41, 5.74) is 0.679. The van der Waals surface area contributed by atoms with Gasteiger partial charge in [0, 0.05) is 17.9 Å². The molecule has 0 radical (unpaired) electrons. The van der Waals surface area contributed by atoms with Gasteiger partial charge in [0.25, 0.3) is 5.91 Å². The van der Waals surface area contributed by atoms with Crippen LogP contribution in [0, 0.1) is 6.92 Å². The van der Waals surface area contributed by atoms with Crippen LogP contribution in [0.15, 0.2) is 16.7 Å². The average Bonchev–Trinajstić information content (AvgIpc) is 2.75. The van der Waals surface area contributed by atoms with Crippen LogP contribution in [0.25, 0.3) is 0 Å². The quantitative estimate of drug-likeness (QED) is 0.752. The SMILES string of the molecule is CCC(CC)N(CCBr)C(=O)c1ccoc1C. The van der Waals surface area contributed by atoms with Gasteiger partial charge in [0.1, 0.15) is 5.76 Å². The monoisotopic (exact) mass is 301 g/mol. The van der Waals surface area contributed by atoms with E-state index in [0.717, 1.165) is 24.7 Å².